The zero-order valence-electron chi connectivity index (χ0n) is 18.4. The molecule has 0 N–H and O–H groups in total. The molecule has 1 aromatic rings. The molecule has 3 saturated carbocycles. The summed E-state index contributed by atoms with van der Waals surface area (Å²) in [4.78, 5) is 10.8. The second-order valence-electron chi connectivity index (χ2n) is 10.7. The van der Waals surface area contributed by atoms with Gasteiger partial charge in [-0.05, 0) is 92.6 Å². The van der Waals surface area contributed by atoms with Crippen molar-refractivity contribution < 1.29 is 9.53 Å². The van der Waals surface area contributed by atoms with E-state index in [9.17, 15) is 4.79 Å². The molecule has 0 amide bonds. The van der Waals surface area contributed by atoms with Crippen molar-refractivity contribution >= 4 is 6.47 Å². The fourth-order valence-corrected chi connectivity index (χ4v) is 7.84. The van der Waals surface area contributed by atoms with Crippen molar-refractivity contribution in [3.05, 3.63) is 47.5 Å². The van der Waals surface area contributed by atoms with Crippen molar-refractivity contribution in [2.24, 2.45) is 34.5 Å². The van der Waals surface area contributed by atoms with Gasteiger partial charge in [0.15, 0.2) is 0 Å². The van der Waals surface area contributed by atoms with E-state index in [4.69, 9.17) is 4.74 Å². The van der Waals surface area contributed by atoms with Gasteiger partial charge in [0.05, 0.1) is 0 Å². The lowest BCUT2D eigenvalue weighted by Gasteiger charge is -2.60. The molecule has 4 aliphatic rings. The minimum atomic E-state index is 0.152. The molecule has 5 rings (SSSR count). The molecule has 0 saturated heterocycles. The van der Waals surface area contributed by atoms with Crippen LogP contribution in [0.4, 0.5) is 0 Å². The summed E-state index contributed by atoms with van der Waals surface area (Å²) in [5.41, 5.74) is 3.18. The van der Waals surface area contributed by atoms with Gasteiger partial charge < -0.3 is 4.74 Å². The summed E-state index contributed by atoms with van der Waals surface area (Å²) in [6, 6.07) is 10.4. The van der Waals surface area contributed by atoms with Crippen LogP contribution in [-0.4, -0.2) is 12.6 Å². The molecular weight excluding hydrogens is 368 g/mol. The normalized spacial score (nSPS) is 41.9. The molecule has 4 aliphatic carbocycles. The third kappa shape index (κ3) is 3.13. The van der Waals surface area contributed by atoms with Gasteiger partial charge in [-0.1, -0.05) is 50.0 Å². The number of allylic oxidation sites excluding steroid dienone is 2. The Morgan fingerprint density at radius 2 is 1.83 bits per heavy atom. The summed E-state index contributed by atoms with van der Waals surface area (Å²) >= 11 is 0. The number of ether oxygens (including phenoxy) is 1. The molecule has 3 fully saturated rings. The Balaban J connectivity index is 1.35. The number of carbonyl (C=O) groups excluding carboxylic acids is 1. The molecule has 1 aromatic carbocycles. The molecule has 7 atom stereocenters. The van der Waals surface area contributed by atoms with Crippen molar-refractivity contribution in [3.63, 3.8) is 0 Å². The van der Waals surface area contributed by atoms with Gasteiger partial charge in [-0.3, -0.25) is 4.79 Å². The van der Waals surface area contributed by atoms with Crippen LogP contribution in [0.2, 0.25) is 0 Å². The summed E-state index contributed by atoms with van der Waals surface area (Å²) in [5, 5.41) is 0. The third-order valence-corrected chi connectivity index (χ3v) is 9.56. The lowest BCUT2D eigenvalue weighted by atomic mass is 9.44. The fraction of sp³-hybridized carbons (Fsp3) is 0.607. The summed E-state index contributed by atoms with van der Waals surface area (Å²) in [6.07, 6.45) is 12.4. The van der Waals surface area contributed by atoms with E-state index < -0.39 is 0 Å². The molecular formula is C28H34O2. The Morgan fingerprint density at radius 3 is 2.63 bits per heavy atom. The Labute approximate surface area is 181 Å². The average molecular weight is 403 g/mol. The molecule has 0 aliphatic heterocycles. The summed E-state index contributed by atoms with van der Waals surface area (Å²) in [5.74, 6) is 10.1. The van der Waals surface area contributed by atoms with E-state index in [1.54, 1.807) is 0 Å². The van der Waals surface area contributed by atoms with Crippen LogP contribution < -0.4 is 0 Å². The summed E-state index contributed by atoms with van der Waals surface area (Å²) in [6.45, 7) is 5.72. The van der Waals surface area contributed by atoms with Gasteiger partial charge in [-0.2, -0.15) is 0 Å². The van der Waals surface area contributed by atoms with E-state index in [1.165, 1.54) is 44.1 Å². The van der Waals surface area contributed by atoms with E-state index in [-0.39, 0.29) is 11.5 Å². The predicted molar refractivity (Wildman–Crippen MR) is 119 cm³/mol. The van der Waals surface area contributed by atoms with Crippen LogP contribution in [0.25, 0.3) is 0 Å². The molecule has 0 heterocycles. The number of fused-ring (bicyclic) bond motifs is 5. The molecule has 0 spiro atoms. The van der Waals surface area contributed by atoms with Crippen molar-refractivity contribution in [2.45, 2.75) is 71.3 Å². The van der Waals surface area contributed by atoms with Crippen LogP contribution in [-0.2, 0) is 9.53 Å². The molecule has 0 unspecified atom stereocenters. The summed E-state index contributed by atoms with van der Waals surface area (Å²) < 4.78 is 5.37. The maximum absolute atomic E-state index is 10.8. The first-order valence-electron chi connectivity index (χ1n) is 11.9. The quantitative estimate of drug-likeness (QED) is 0.437. The zero-order chi connectivity index (χ0) is 20.8. The topological polar surface area (TPSA) is 26.3 Å². The third-order valence-electron chi connectivity index (χ3n) is 9.56. The highest BCUT2D eigenvalue weighted by Gasteiger charge is 2.58. The second-order valence-corrected chi connectivity index (χ2v) is 10.7. The number of carbonyl (C=O) groups is 1. The number of rotatable bonds is 2. The van der Waals surface area contributed by atoms with Crippen LogP contribution in [0.15, 0.2) is 42.0 Å². The maximum atomic E-state index is 10.8. The Bertz CT molecular complexity index is 890. The van der Waals surface area contributed by atoms with E-state index in [0.29, 0.717) is 17.8 Å². The predicted octanol–water partition coefficient (Wildman–Crippen LogP) is 6.16. The Kier molecular flexibility index (Phi) is 5.04. The molecule has 2 heteroatoms. The van der Waals surface area contributed by atoms with Crippen LogP contribution in [0, 0.1) is 46.3 Å². The lowest BCUT2D eigenvalue weighted by molar-refractivity contribution is -0.147. The van der Waals surface area contributed by atoms with Gasteiger partial charge in [0.2, 0.25) is 0 Å². The van der Waals surface area contributed by atoms with Crippen molar-refractivity contribution in [1.82, 2.24) is 0 Å². The van der Waals surface area contributed by atoms with Crippen LogP contribution in [0.3, 0.4) is 0 Å². The molecule has 158 valence electrons. The van der Waals surface area contributed by atoms with E-state index in [0.717, 1.165) is 36.2 Å². The molecule has 30 heavy (non-hydrogen) atoms. The van der Waals surface area contributed by atoms with Gasteiger partial charge >= 0.3 is 0 Å². The Morgan fingerprint density at radius 1 is 1.00 bits per heavy atom. The fourth-order valence-electron chi connectivity index (χ4n) is 7.84. The zero-order valence-corrected chi connectivity index (χ0v) is 18.4. The van der Waals surface area contributed by atoms with Gasteiger partial charge in [-0.25, -0.2) is 0 Å². The molecule has 0 radical (unpaired) electrons. The van der Waals surface area contributed by atoms with E-state index in [2.05, 4.69) is 56.0 Å². The monoisotopic (exact) mass is 402 g/mol. The highest BCUT2D eigenvalue weighted by Crippen LogP contribution is 2.66. The number of hydrogen-bond acceptors (Lipinski definition) is 2. The first-order valence-corrected chi connectivity index (χ1v) is 11.9. The van der Waals surface area contributed by atoms with Gasteiger partial charge in [-0.15, -0.1) is 0 Å². The molecule has 0 bridgehead atoms. The first-order chi connectivity index (χ1) is 14.5. The van der Waals surface area contributed by atoms with Gasteiger partial charge in [0, 0.05) is 16.6 Å². The Hall–Kier alpha value is -2.01. The summed E-state index contributed by atoms with van der Waals surface area (Å²) in [7, 11) is 0. The smallest absolute Gasteiger partial charge is 0.293 e. The standard InChI is InChI=1S/C28H34O2/c1-27-17-15-26-24(12-10-22-18-23(30-19-29)14-16-28(22,26)2)25(27)13-11-21(27)9-8-20-6-4-3-5-7-20/h3-7,11,19,22-26H,10,12-18H2,1-2H3/t22-,23-,24-,25+,26-,27-,28-/m0/s1. The van der Waals surface area contributed by atoms with Gasteiger partial charge in [0.1, 0.15) is 6.10 Å². The van der Waals surface area contributed by atoms with E-state index in [1.807, 2.05) is 6.07 Å². The van der Waals surface area contributed by atoms with Crippen molar-refractivity contribution in [3.8, 4) is 11.8 Å². The van der Waals surface area contributed by atoms with Crippen molar-refractivity contribution in [2.75, 3.05) is 0 Å². The molecule has 0 aromatic heterocycles. The maximum Gasteiger partial charge on any atom is 0.293 e. The number of hydrogen-bond donors (Lipinski definition) is 0. The highest BCUT2D eigenvalue weighted by atomic mass is 16.5. The number of benzene rings is 1. The second kappa shape index (κ2) is 7.60. The van der Waals surface area contributed by atoms with Crippen molar-refractivity contribution in [1.29, 1.82) is 0 Å². The first kappa shape index (κ1) is 19.9. The van der Waals surface area contributed by atoms with Crippen LogP contribution in [0.5, 0.6) is 0 Å². The average Bonchev–Trinajstić information content (AvgIpc) is 3.10. The van der Waals surface area contributed by atoms with Crippen LogP contribution in [0.1, 0.15) is 70.8 Å². The minimum absolute atomic E-state index is 0.152. The van der Waals surface area contributed by atoms with Gasteiger partial charge in [0.25, 0.3) is 6.47 Å². The largest absolute Gasteiger partial charge is 0.465 e. The lowest BCUT2D eigenvalue weighted by Crippen LogP contribution is -2.53. The van der Waals surface area contributed by atoms with E-state index >= 15 is 0 Å². The minimum Gasteiger partial charge on any atom is -0.465 e. The van der Waals surface area contributed by atoms with Crippen LogP contribution >= 0.6 is 0 Å². The SMILES string of the molecule is C[C@]12CC[C@H](OC=O)C[C@@H]1CC[C@H]1[C@H]3CC=C(C#Cc4ccccc4)[C@]3(C)CC[C@@H]12. The molecule has 2 nitrogen and oxygen atoms in total. The highest BCUT2D eigenvalue weighted by molar-refractivity contribution is 5.45.